The van der Waals surface area contributed by atoms with E-state index in [9.17, 15) is 0 Å². The fraction of sp³-hybridized carbons (Fsp3) is 0.273. The van der Waals surface area contributed by atoms with Crippen molar-refractivity contribution in [3.63, 3.8) is 0 Å². The third-order valence-corrected chi connectivity index (χ3v) is 2.78. The van der Waals surface area contributed by atoms with Gasteiger partial charge in [0.05, 0.1) is 18.4 Å². The maximum atomic E-state index is 5.85. The molecule has 2 aromatic heterocycles. The van der Waals surface area contributed by atoms with E-state index in [1.165, 1.54) is 0 Å². The molecule has 5 heteroatoms. The number of halogens is 1. The van der Waals surface area contributed by atoms with Gasteiger partial charge in [0.15, 0.2) is 0 Å². The molecule has 0 atom stereocenters. The van der Waals surface area contributed by atoms with Crippen LogP contribution in [-0.4, -0.2) is 14.5 Å². The number of aryl methyl sites for hydroxylation is 2. The summed E-state index contributed by atoms with van der Waals surface area (Å²) in [5, 5.41) is 3.80. The fourth-order valence-corrected chi connectivity index (χ4v) is 1.51. The van der Waals surface area contributed by atoms with E-state index in [4.69, 9.17) is 11.6 Å². The lowest BCUT2D eigenvalue weighted by molar-refractivity contribution is 0.812. The minimum Gasteiger partial charge on any atom is -0.377 e. The van der Waals surface area contributed by atoms with Crippen LogP contribution in [0.4, 0.5) is 5.69 Å². The van der Waals surface area contributed by atoms with Gasteiger partial charge in [-0.3, -0.25) is 0 Å². The van der Waals surface area contributed by atoms with Crippen LogP contribution >= 0.6 is 11.6 Å². The van der Waals surface area contributed by atoms with Gasteiger partial charge in [-0.1, -0.05) is 11.6 Å². The Kier molecular flexibility index (Phi) is 3.10. The highest BCUT2D eigenvalue weighted by atomic mass is 35.5. The van der Waals surface area contributed by atoms with Crippen molar-refractivity contribution in [2.75, 3.05) is 5.32 Å². The van der Waals surface area contributed by atoms with E-state index in [2.05, 4.69) is 15.3 Å². The molecule has 0 saturated carbocycles. The number of hydrogen-bond donors (Lipinski definition) is 1. The van der Waals surface area contributed by atoms with Crippen molar-refractivity contribution < 1.29 is 0 Å². The summed E-state index contributed by atoms with van der Waals surface area (Å²) in [5.74, 6) is 0.979. The molecule has 0 fully saturated rings. The second kappa shape index (κ2) is 4.53. The van der Waals surface area contributed by atoms with Crippen molar-refractivity contribution in [1.29, 1.82) is 0 Å². The Morgan fingerprint density at radius 1 is 1.44 bits per heavy atom. The molecular weight excluding hydrogens is 224 g/mol. The summed E-state index contributed by atoms with van der Waals surface area (Å²) in [5.41, 5.74) is 1.91. The summed E-state index contributed by atoms with van der Waals surface area (Å²) in [4.78, 5) is 8.30. The molecule has 84 valence electrons. The SMILES string of the molecule is Cc1cc(NCc2nccn2C)cnc1Cl. The van der Waals surface area contributed by atoms with Gasteiger partial charge in [0, 0.05) is 19.4 Å². The Labute approximate surface area is 99.3 Å². The largest absolute Gasteiger partial charge is 0.377 e. The summed E-state index contributed by atoms with van der Waals surface area (Å²) in [6.07, 6.45) is 5.42. The van der Waals surface area contributed by atoms with E-state index in [0.717, 1.165) is 17.1 Å². The highest BCUT2D eigenvalue weighted by Crippen LogP contribution is 2.16. The topological polar surface area (TPSA) is 42.7 Å². The second-order valence-electron chi connectivity index (χ2n) is 3.64. The smallest absolute Gasteiger partial charge is 0.132 e. The molecule has 16 heavy (non-hydrogen) atoms. The molecule has 0 radical (unpaired) electrons. The maximum absolute atomic E-state index is 5.85. The zero-order chi connectivity index (χ0) is 11.5. The second-order valence-corrected chi connectivity index (χ2v) is 4.00. The van der Waals surface area contributed by atoms with Crippen LogP contribution in [0.2, 0.25) is 5.15 Å². The number of aromatic nitrogens is 3. The minimum atomic E-state index is 0.544. The van der Waals surface area contributed by atoms with Crippen LogP contribution in [-0.2, 0) is 13.6 Å². The maximum Gasteiger partial charge on any atom is 0.132 e. The van der Waals surface area contributed by atoms with Crippen molar-refractivity contribution in [3.05, 3.63) is 41.2 Å². The fourth-order valence-electron chi connectivity index (χ4n) is 1.40. The third-order valence-electron chi connectivity index (χ3n) is 2.39. The number of imidazole rings is 1. The summed E-state index contributed by atoms with van der Waals surface area (Å²) >= 11 is 5.85. The quantitative estimate of drug-likeness (QED) is 0.833. The van der Waals surface area contributed by atoms with Crippen LogP contribution in [0.15, 0.2) is 24.7 Å². The first-order valence-corrected chi connectivity index (χ1v) is 5.37. The zero-order valence-corrected chi connectivity index (χ0v) is 9.99. The van der Waals surface area contributed by atoms with Gasteiger partial charge in [-0.05, 0) is 18.6 Å². The number of pyridine rings is 1. The van der Waals surface area contributed by atoms with Gasteiger partial charge in [-0.2, -0.15) is 0 Å². The lowest BCUT2D eigenvalue weighted by Crippen LogP contribution is -2.06. The van der Waals surface area contributed by atoms with Crippen molar-refractivity contribution >= 4 is 17.3 Å². The normalized spacial score (nSPS) is 10.4. The van der Waals surface area contributed by atoms with Crippen LogP contribution in [0.3, 0.4) is 0 Å². The number of anilines is 1. The first-order valence-electron chi connectivity index (χ1n) is 4.99. The Morgan fingerprint density at radius 2 is 2.25 bits per heavy atom. The zero-order valence-electron chi connectivity index (χ0n) is 9.24. The molecule has 0 aliphatic heterocycles. The van der Waals surface area contributed by atoms with Crippen LogP contribution in [0, 0.1) is 6.92 Å². The predicted octanol–water partition coefficient (Wildman–Crippen LogP) is 2.39. The van der Waals surface area contributed by atoms with Gasteiger partial charge in [0.25, 0.3) is 0 Å². The minimum absolute atomic E-state index is 0.544. The predicted molar refractivity (Wildman–Crippen MR) is 64.5 cm³/mol. The molecule has 0 saturated heterocycles. The summed E-state index contributed by atoms with van der Waals surface area (Å²) in [6, 6.07) is 1.97. The van der Waals surface area contributed by atoms with E-state index >= 15 is 0 Å². The van der Waals surface area contributed by atoms with Crippen molar-refractivity contribution in [2.24, 2.45) is 7.05 Å². The van der Waals surface area contributed by atoms with Crippen LogP contribution < -0.4 is 5.32 Å². The van der Waals surface area contributed by atoms with Crippen molar-refractivity contribution in [1.82, 2.24) is 14.5 Å². The molecule has 0 spiro atoms. The number of rotatable bonds is 3. The lowest BCUT2D eigenvalue weighted by atomic mass is 10.3. The number of hydrogen-bond acceptors (Lipinski definition) is 3. The molecule has 2 rings (SSSR count). The average molecular weight is 237 g/mol. The molecule has 0 aliphatic rings. The third kappa shape index (κ3) is 2.33. The van der Waals surface area contributed by atoms with Gasteiger partial charge in [-0.25, -0.2) is 9.97 Å². The van der Waals surface area contributed by atoms with Gasteiger partial charge < -0.3 is 9.88 Å². The summed E-state index contributed by atoms with van der Waals surface area (Å²) < 4.78 is 1.98. The van der Waals surface area contributed by atoms with Gasteiger partial charge in [0.1, 0.15) is 11.0 Å². The van der Waals surface area contributed by atoms with Crippen LogP contribution in [0.1, 0.15) is 11.4 Å². The van der Waals surface area contributed by atoms with E-state index in [-0.39, 0.29) is 0 Å². The molecule has 1 N–H and O–H groups in total. The molecule has 4 nitrogen and oxygen atoms in total. The molecule has 0 aromatic carbocycles. The Balaban J connectivity index is 2.05. The molecule has 2 heterocycles. The molecule has 2 aromatic rings. The van der Waals surface area contributed by atoms with Crippen LogP contribution in [0.5, 0.6) is 0 Å². The Hall–Kier alpha value is -1.55. The van der Waals surface area contributed by atoms with Crippen molar-refractivity contribution in [3.8, 4) is 0 Å². The average Bonchev–Trinajstić information content (AvgIpc) is 2.66. The molecule has 0 amide bonds. The molecule has 0 aliphatic carbocycles. The summed E-state index contributed by atoms with van der Waals surface area (Å²) in [7, 11) is 1.97. The van der Waals surface area contributed by atoms with E-state index in [1.807, 2.05) is 30.8 Å². The molecule has 0 bridgehead atoms. The highest BCUT2D eigenvalue weighted by Gasteiger charge is 2.01. The Morgan fingerprint density at radius 3 is 2.88 bits per heavy atom. The van der Waals surface area contributed by atoms with E-state index < -0.39 is 0 Å². The van der Waals surface area contributed by atoms with Gasteiger partial charge in [0.2, 0.25) is 0 Å². The molecular formula is C11H13ClN4. The first kappa shape index (κ1) is 11.0. The van der Waals surface area contributed by atoms with Crippen LogP contribution in [0.25, 0.3) is 0 Å². The van der Waals surface area contributed by atoms with Gasteiger partial charge in [-0.15, -0.1) is 0 Å². The highest BCUT2D eigenvalue weighted by molar-refractivity contribution is 6.30. The molecule has 0 unspecified atom stereocenters. The standard InChI is InChI=1S/C11H13ClN4/c1-8-5-9(6-15-11(8)12)14-7-10-13-3-4-16(10)2/h3-6,14H,7H2,1-2H3. The number of nitrogens with one attached hydrogen (secondary N) is 1. The summed E-state index contributed by atoms with van der Waals surface area (Å²) in [6.45, 7) is 2.60. The Bertz CT molecular complexity index is 492. The van der Waals surface area contributed by atoms with E-state index in [1.54, 1.807) is 12.4 Å². The first-order chi connectivity index (χ1) is 7.66. The van der Waals surface area contributed by atoms with E-state index in [0.29, 0.717) is 11.7 Å². The monoisotopic (exact) mass is 236 g/mol. The lowest BCUT2D eigenvalue weighted by Gasteiger charge is -2.07. The van der Waals surface area contributed by atoms with Crippen molar-refractivity contribution in [2.45, 2.75) is 13.5 Å². The van der Waals surface area contributed by atoms with Gasteiger partial charge >= 0.3 is 0 Å². The number of nitrogens with zero attached hydrogens (tertiary/aromatic N) is 3.